The number of amides is 2. The third kappa shape index (κ3) is 7.87. The van der Waals surface area contributed by atoms with Crippen LogP contribution in [0.5, 0.6) is 11.5 Å². The standard InChI is InChI=1S/C30H35Cl2N3O6S/c1-6-15-33-30(37)21(3)34(18-22-9-10-23(31)16-26(22)32)29(36)19-35(24-11-7-20(2)8-12-24)42(38,39)25-13-14-27(40-4)28(17-25)41-5/h7-14,16-17,21H,6,15,18-19H2,1-5H3,(H,33,37)/t21-/m1/s1. The van der Waals surface area contributed by atoms with E-state index in [0.29, 0.717) is 34.3 Å². The molecule has 0 fully saturated rings. The van der Waals surface area contributed by atoms with E-state index in [4.69, 9.17) is 32.7 Å². The first-order valence-corrected chi connectivity index (χ1v) is 15.4. The molecule has 9 nitrogen and oxygen atoms in total. The van der Waals surface area contributed by atoms with Crippen LogP contribution in [-0.2, 0) is 26.2 Å². The lowest BCUT2D eigenvalue weighted by atomic mass is 10.1. The quantitative estimate of drug-likeness (QED) is 0.267. The Bertz CT molecular complexity index is 1520. The highest BCUT2D eigenvalue weighted by Crippen LogP contribution is 2.32. The molecular weight excluding hydrogens is 601 g/mol. The van der Waals surface area contributed by atoms with E-state index in [0.717, 1.165) is 9.87 Å². The van der Waals surface area contributed by atoms with Gasteiger partial charge < -0.3 is 19.7 Å². The Balaban J connectivity index is 2.07. The van der Waals surface area contributed by atoms with Crippen LogP contribution in [-0.4, -0.2) is 58.5 Å². The summed E-state index contributed by atoms with van der Waals surface area (Å²) in [6.07, 6.45) is 0.709. The van der Waals surface area contributed by atoms with Gasteiger partial charge in [0.1, 0.15) is 12.6 Å². The molecule has 226 valence electrons. The number of hydrogen-bond acceptors (Lipinski definition) is 6. The second kappa shape index (κ2) is 14.6. The number of nitrogens with zero attached hydrogens (tertiary/aromatic N) is 2. The van der Waals surface area contributed by atoms with E-state index >= 15 is 0 Å². The van der Waals surface area contributed by atoms with Crippen molar-refractivity contribution in [3.05, 3.63) is 81.8 Å². The van der Waals surface area contributed by atoms with Gasteiger partial charge in [-0.3, -0.25) is 13.9 Å². The molecule has 0 spiro atoms. The first-order valence-electron chi connectivity index (χ1n) is 13.3. The maximum absolute atomic E-state index is 14.1. The highest BCUT2D eigenvalue weighted by Gasteiger charge is 2.33. The largest absolute Gasteiger partial charge is 0.493 e. The van der Waals surface area contributed by atoms with Crippen molar-refractivity contribution >= 4 is 50.7 Å². The van der Waals surface area contributed by atoms with Gasteiger partial charge in [0.2, 0.25) is 11.8 Å². The Morgan fingerprint density at radius 2 is 1.62 bits per heavy atom. The van der Waals surface area contributed by atoms with Gasteiger partial charge in [0.05, 0.1) is 24.8 Å². The molecule has 2 amide bonds. The average molecular weight is 637 g/mol. The summed E-state index contributed by atoms with van der Waals surface area (Å²) in [4.78, 5) is 28.2. The molecule has 42 heavy (non-hydrogen) atoms. The lowest BCUT2D eigenvalue weighted by Gasteiger charge is -2.32. The van der Waals surface area contributed by atoms with Crippen LogP contribution < -0.4 is 19.1 Å². The van der Waals surface area contributed by atoms with Gasteiger partial charge in [-0.2, -0.15) is 0 Å². The van der Waals surface area contributed by atoms with Crippen LogP contribution >= 0.6 is 23.2 Å². The molecule has 12 heteroatoms. The Morgan fingerprint density at radius 3 is 2.21 bits per heavy atom. The number of sulfonamides is 1. The number of carbonyl (C=O) groups is 2. The molecule has 0 aliphatic heterocycles. The van der Waals surface area contributed by atoms with Gasteiger partial charge in [-0.05, 0) is 62.2 Å². The van der Waals surface area contributed by atoms with Crippen molar-refractivity contribution in [2.45, 2.75) is 44.7 Å². The van der Waals surface area contributed by atoms with Gasteiger partial charge in [-0.1, -0.05) is 53.9 Å². The number of aryl methyl sites for hydroxylation is 1. The fourth-order valence-electron chi connectivity index (χ4n) is 4.16. The lowest BCUT2D eigenvalue weighted by molar-refractivity contribution is -0.139. The van der Waals surface area contributed by atoms with Crippen LogP contribution in [0.3, 0.4) is 0 Å². The predicted molar refractivity (Wildman–Crippen MR) is 165 cm³/mol. The van der Waals surface area contributed by atoms with Gasteiger partial charge in [0, 0.05) is 29.2 Å². The third-order valence-electron chi connectivity index (χ3n) is 6.62. The number of nitrogens with one attached hydrogen (secondary N) is 1. The highest BCUT2D eigenvalue weighted by atomic mass is 35.5. The highest BCUT2D eigenvalue weighted by molar-refractivity contribution is 7.92. The first kappa shape index (κ1) is 33.0. The molecule has 0 saturated carbocycles. The van der Waals surface area contributed by atoms with E-state index in [1.54, 1.807) is 49.4 Å². The average Bonchev–Trinajstić information content (AvgIpc) is 2.97. The molecule has 0 heterocycles. The fraction of sp³-hybridized carbons (Fsp3) is 0.333. The number of hydrogen-bond donors (Lipinski definition) is 1. The Kier molecular flexibility index (Phi) is 11.5. The van der Waals surface area contributed by atoms with Crippen LogP contribution in [0.1, 0.15) is 31.4 Å². The number of rotatable bonds is 13. The third-order valence-corrected chi connectivity index (χ3v) is 8.97. The molecule has 0 aliphatic carbocycles. The maximum atomic E-state index is 14.1. The molecule has 0 unspecified atom stereocenters. The molecule has 0 aliphatic rings. The van der Waals surface area contributed by atoms with E-state index in [1.165, 1.54) is 37.3 Å². The summed E-state index contributed by atoms with van der Waals surface area (Å²) in [6, 6.07) is 14.9. The van der Waals surface area contributed by atoms with E-state index in [2.05, 4.69) is 5.32 Å². The van der Waals surface area contributed by atoms with Crippen molar-refractivity contribution in [1.29, 1.82) is 0 Å². The van der Waals surface area contributed by atoms with Gasteiger partial charge >= 0.3 is 0 Å². The van der Waals surface area contributed by atoms with Crippen molar-refractivity contribution < 1.29 is 27.5 Å². The minimum atomic E-state index is -4.29. The molecule has 0 radical (unpaired) electrons. The van der Waals surface area contributed by atoms with E-state index in [1.807, 2.05) is 13.8 Å². The number of benzene rings is 3. The zero-order chi connectivity index (χ0) is 31.0. The van der Waals surface area contributed by atoms with Crippen LogP contribution in [0.25, 0.3) is 0 Å². The topological polar surface area (TPSA) is 105 Å². The molecule has 1 N–H and O–H groups in total. The normalized spacial score (nSPS) is 11.9. The van der Waals surface area contributed by atoms with E-state index < -0.39 is 28.5 Å². The monoisotopic (exact) mass is 635 g/mol. The van der Waals surface area contributed by atoms with Crippen molar-refractivity contribution in [1.82, 2.24) is 10.2 Å². The molecule has 3 aromatic rings. The van der Waals surface area contributed by atoms with Crippen LogP contribution in [0, 0.1) is 6.92 Å². The first-order chi connectivity index (χ1) is 19.9. The zero-order valence-corrected chi connectivity index (χ0v) is 26.5. The van der Waals surface area contributed by atoms with Gasteiger partial charge in [0.25, 0.3) is 10.0 Å². The Morgan fingerprint density at radius 1 is 0.952 bits per heavy atom. The number of halogens is 2. The summed E-state index contributed by atoms with van der Waals surface area (Å²) >= 11 is 12.5. The molecule has 3 aromatic carbocycles. The molecular formula is C30H35Cl2N3O6S. The van der Waals surface area contributed by atoms with Crippen molar-refractivity contribution in [2.24, 2.45) is 0 Å². The number of anilines is 1. The van der Waals surface area contributed by atoms with Crippen LogP contribution in [0.4, 0.5) is 5.69 Å². The fourth-order valence-corrected chi connectivity index (χ4v) is 6.05. The predicted octanol–water partition coefficient (Wildman–Crippen LogP) is 5.46. The molecule has 0 bridgehead atoms. The van der Waals surface area contributed by atoms with Crippen LogP contribution in [0.2, 0.25) is 10.0 Å². The Labute approximate surface area is 257 Å². The van der Waals surface area contributed by atoms with E-state index in [9.17, 15) is 18.0 Å². The lowest BCUT2D eigenvalue weighted by Crippen LogP contribution is -2.51. The second-order valence-corrected chi connectivity index (χ2v) is 12.3. The molecule has 1 atom stereocenters. The SMILES string of the molecule is CCCNC(=O)[C@@H](C)N(Cc1ccc(Cl)cc1Cl)C(=O)CN(c1ccc(C)cc1)S(=O)(=O)c1ccc(OC)c(OC)c1. The maximum Gasteiger partial charge on any atom is 0.264 e. The number of ether oxygens (including phenoxy) is 2. The summed E-state index contributed by atoms with van der Waals surface area (Å²) in [5.74, 6) is -0.411. The minimum absolute atomic E-state index is 0.0479. The summed E-state index contributed by atoms with van der Waals surface area (Å²) in [5.41, 5.74) is 1.74. The van der Waals surface area contributed by atoms with Gasteiger partial charge in [-0.15, -0.1) is 0 Å². The van der Waals surface area contributed by atoms with Crippen molar-refractivity contribution in [3.63, 3.8) is 0 Å². The van der Waals surface area contributed by atoms with Gasteiger partial charge in [0.15, 0.2) is 11.5 Å². The van der Waals surface area contributed by atoms with Crippen LogP contribution in [0.15, 0.2) is 65.6 Å². The smallest absolute Gasteiger partial charge is 0.264 e. The summed E-state index contributed by atoms with van der Waals surface area (Å²) in [6.45, 7) is 5.17. The zero-order valence-electron chi connectivity index (χ0n) is 24.2. The second-order valence-electron chi connectivity index (χ2n) is 9.59. The molecule has 3 rings (SSSR count). The van der Waals surface area contributed by atoms with Crippen molar-refractivity contribution in [2.75, 3.05) is 31.6 Å². The summed E-state index contributed by atoms with van der Waals surface area (Å²) in [7, 11) is -1.44. The van der Waals surface area contributed by atoms with Crippen molar-refractivity contribution in [3.8, 4) is 11.5 Å². The minimum Gasteiger partial charge on any atom is -0.493 e. The van der Waals surface area contributed by atoms with Gasteiger partial charge in [-0.25, -0.2) is 8.42 Å². The summed E-state index contributed by atoms with van der Waals surface area (Å²) in [5, 5.41) is 3.54. The Hall–Kier alpha value is -3.47. The molecule has 0 aromatic heterocycles. The number of carbonyl (C=O) groups excluding carboxylic acids is 2. The summed E-state index contributed by atoms with van der Waals surface area (Å²) < 4.78 is 39.8. The number of methoxy groups -OCH3 is 2. The van der Waals surface area contributed by atoms with E-state index in [-0.39, 0.29) is 28.8 Å². The molecule has 0 saturated heterocycles.